The van der Waals surface area contributed by atoms with Gasteiger partial charge in [-0.15, -0.1) is 0 Å². The molecule has 0 aliphatic rings. The fraction of sp³-hybridized carbons (Fsp3) is 0.160. The molecule has 0 aliphatic carbocycles. The zero-order chi connectivity index (χ0) is 25.1. The standard InChI is InChI=1S/C25H22Cl2FN5O2/c1-32-5-6-33(25(32)29)14-16-7-17(19-11-23(35-2)30-13-22(19)28)10-18(8-16)24(34)31-12-15-3-4-20(26)21(27)9-15/h3-11,13,29H,12,14H2,1-2H3,(H,31,34). The Morgan fingerprint density at radius 2 is 1.91 bits per heavy atom. The molecule has 180 valence electrons. The third kappa shape index (κ3) is 5.55. The Kier molecular flexibility index (Phi) is 7.23. The molecule has 0 saturated heterocycles. The van der Waals surface area contributed by atoms with Gasteiger partial charge in [-0.2, -0.15) is 0 Å². The number of rotatable bonds is 7. The second-order valence-electron chi connectivity index (χ2n) is 7.92. The molecule has 0 aliphatic heterocycles. The van der Waals surface area contributed by atoms with E-state index in [0.29, 0.717) is 27.7 Å². The molecule has 1 amide bonds. The monoisotopic (exact) mass is 513 g/mol. The Balaban J connectivity index is 1.70. The van der Waals surface area contributed by atoms with E-state index < -0.39 is 5.82 Å². The number of amides is 1. The van der Waals surface area contributed by atoms with Gasteiger partial charge in [0.15, 0.2) is 0 Å². The molecular formula is C25H22Cl2FN5O2. The summed E-state index contributed by atoms with van der Waals surface area (Å²) in [6.07, 6.45) is 4.62. The molecule has 4 aromatic rings. The molecule has 0 radical (unpaired) electrons. The third-order valence-corrected chi connectivity index (χ3v) is 6.21. The van der Waals surface area contributed by atoms with Gasteiger partial charge in [0.1, 0.15) is 5.82 Å². The van der Waals surface area contributed by atoms with E-state index in [1.54, 1.807) is 65.0 Å². The molecule has 2 aromatic carbocycles. The minimum Gasteiger partial charge on any atom is -0.481 e. The molecule has 7 nitrogen and oxygen atoms in total. The number of halogens is 3. The van der Waals surface area contributed by atoms with Crippen molar-refractivity contribution < 1.29 is 13.9 Å². The first-order chi connectivity index (χ1) is 16.7. The topological polar surface area (TPSA) is 84.9 Å². The fourth-order valence-corrected chi connectivity index (χ4v) is 3.93. The summed E-state index contributed by atoms with van der Waals surface area (Å²) in [4.78, 5) is 17.0. The van der Waals surface area contributed by atoms with Crippen molar-refractivity contribution in [1.82, 2.24) is 19.4 Å². The number of ether oxygens (including phenoxy) is 1. The maximum atomic E-state index is 14.7. The highest BCUT2D eigenvalue weighted by Gasteiger charge is 2.15. The lowest BCUT2D eigenvalue weighted by molar-refractivity contribution is 0.0951. The largest absolute Gasteiger partial charge is 0.481 e. The number of nitrogens with one attached hydrogen (secondary N) is 2. The van der Waals surface area contributed by atoms with E-state index in [1.807, 2.05) is 0 Å². The Morgan fingerprint density at radius 1 is 1.11 bits per heavy atom. The second-order valence-corrected chi connectivity index (χ2v) is 8.73. The number of aromatic nitrogens is 3. The van der Waals surface area contributed by atoms with Gasteiger partial charge in [-0.05, 0) is 47.0 Å². The maximum absolute atomic E-state index is 14.7. The van der Waals surface area contributed by atoms with Crippen LogP contribution < -0.4 is 15.7 Å². The van der Waals surface area contributed by atoms with Crippen LogP contribution in [-0.4, -0.2) is 27.1 Å². The summed E-state index contributed by atoms with van der Waals surface area (Å²) >= 11 is 12.0. The summed E-state index contributed by atoms with van der Waals surface area (Å²) in [5.41, 5.74) is 2.88. The second kappa shape index (κ2) is 10.3. The Labute approximate surface area is 211 Å². The Morgan fingerprint density at radius 3 is 2.60 bits per heavy atom. The van der Waals surface area contributed by atoms with Crippen molar-refractivity contribution in [2.45, 2.75) is 13.1 Å². The molecule has 35 heavy (non-hydrogen) atoms. The number of pyridine rings is 1. The predicted molar refractivity (Wildman–Crippen MR) is 132 cm³/mol. The molecule has 0 spiro atoms. The maximum Gasteiger partial charge on any atom is 0.251 e. The first-order valence-corrected chi connectivity index (χ1v) is 11.3. The van der Waals surface area contributed by atoms with E-state index in [1.165, 1.54) is 13.2 Å². The van der Waals surface area contributed by atoms with Crippen LogP contribution in [-0.2, 0) is 20.1 Å². The summed E-state index contributed by atoms with van der Waals surface area (Å²) in [5.74, 6) is -0.633. The van der Waals surface area contributed by atoms with Gasteiger partial charge < -0.3 is 19.2 Å². The average molecular weight is 514 g/mol. The van der Waals surface area contributed by atoms with Crippen LogP contribution in [0, 0.1) is 11.2 Å². The summed E-state index contributed by atoms with van der Waals surface area (Å²) in [7, 11) is 3.22. The van der Waals surface area contributed by atoms with E-state index in [2.05, 4.69) is 10.3 Å². The van der Waals surface area contributed by atoms with Crippen molar-refractivity contribution >= 4 is 29.1 Å². The molecule has 2 heterocycles. The SMILES string of the molecule is COc1cc(-c2cc(Cn3ccn(C)c3=N)cc(C(=O)NCc3ccc(Cl)c(Cl)c3)c2)c(F)cn1. The molecule has 0 unspecified atom stereocenters. The van der Waals surface area contributed by atoms with Crippen LogP contribution in [0.1, 0.15) is 21.5 Å². The third-order valence-electron chi connectivity index (χ3n) is 5.47. The molecule has 4 rings (SSSR count). The minimum atomic E-state index is -0.543. The van der Waals surface area contributed by atoms with Crippen molar-refractivity contribution in [2.75, 3.05) is 7.11 Å². The molecule has 0 saturated carbocycles. The summed E-state index contributed by atoms with van der Waals surface area (Å²) in [5, 5.41) is 11.9. The normalized spacial score (nSPS) is 10.9. The van der Waals surface area contributed by atoms with E-state index in [0.717, 1.165) is 17.3 Å². The van der Waals surface area contributed by atoms with Crippen LogP contribution in [0.25, 0.3) is 11.1 Å². The lowest BCUT2D eigenvalue weighted by atomic mass is 9.99. The van der Waals surface area contributed by atoms with Gasteiger partial charge in [-0.3, -0.25) is 10.2 Å². The Hall–Kier alpha value is -3.62. The van der Waals surface area contributed by atoms with Gasteiger partial charge in [-0.25, -0.2) is 9.37 Å². The van der Waals surface area contributed by atoms with Crippen LogP contribution in [0.4, 0.5) is 4.39 Å². The van der Waals surface area contributed by atoms with Gasteiger partial charge in [0, 0.05) is 43.2 Å². The average Bonchev–Trinajstić information content (AvgIpc) is 3.16. The van der Waals surface area contributed by atoms with E-state index >= 15 is 0 Å². The number of carbonyl (C=O) groups is 1. The number of carbonyl (C=O) groups excluding carboxylic acids is 1. The number of nitrogens with zero attached hydrogens (tertiary/aromatic N) is 3. The van der Waals surface area contributed by atoms with Crippen molar-refractivity contribution in [1.29, 1.82) is 5.41 Å². The van der Waals surface area contributed by atoms with Gasteiger partial charge in [0.2, 0.25) is 11.5 Å². The molecule has 2 aromatic heterocycles. The van der Waals surface area contributed by atoms with Gasteiger partial charge >= 0.3 is 0 Å². The zero-order valence-corrected chi connectivity index (χ0v) is 20.5. The van der Waals surface area contributed by atoms with Gasteiger partial charge in [0.05, 0.1) is 29.9 Å². The predicted octanol–water partition coefficient (Wildman–Crippen LogP) is 4.80. The highest BCUT2D eigenvalue weighted by atomic mass is 35.5. The quantitative estimate of drug-likeness (QED) is 0.372. The van der Waals surface area contributed by atoms with Crippen molar-refractivity contribution in [3.63, 3.8) is 0 Å². The van der Waals surface area contributed by atoms with Crippen LogP contribution in [0.3, 0.4) is 0 Å². The van der Waals surface area contributed by atoms with Crippen LogP contribution in [0.5, 0.6) is 5.88 Å². The van der Waals surface area contributed by atoms with E-state index in [9.17, 15) is 9.18 Å². The number of methoxy groups -OCH3 is 1. The summed E-state index contributed by atoms with van der Waals surface area (Å²) in [6.45, 7) is 0.557. The number of hydrogen-bond acceptors (Lipinski definition) is 4. The minimum absolute atomic E-state index is 0.233. The first kappa shape index (κ1) is 24.5. The zero-order valence-electron chi connectivity index (χ0n) is 19.0. The van der Waals surface area contributed by atoms with Crippen molar-refractivity contribution in [3.8, 4) is 17.0 Å². The molecular weight excluding hydrogens is 492 g/mol. The number of imidazole rings is 1. The first-order valence-electron chi connectivity index (χ1n) is 10.6. The molecule has 10 heteroatoms. The van der Waals surface area contributed by atoms with E-state index in [-0.39, 0.29) is 29.5 Å². The highest BCUT2D eigenvalue weighted by Crippen LogP contribution is 2.28. The number of aryl methyl sites for hydroxylation is 1. The van der Waals surface area contributed by atoms with Crippen LogP contribution in [0.2, 0.25) is 10.0 Å². The van der Waals surface area contributed by atoms with Crippen molar-refractivity contribution in [2.24, 2.45) is 7.05 Å². The van der Waals surface area contributed by atoms with Crippen molar-refractivity contribution in [3.05, 3.63) is 99.2 Å². The number of benzene rings is 2. The molecule has 2 N–H and O–H groups in total. The summed E-state index contributed by atoms with van der Waals surface area (Å²) < 4.78 is 23.3. The fourth-order valence-electron chi connectivity index (χ4n) is 3.60. The summed E-state index contributed by atoms with van der Waals surface area (Å²) in [6, 6.07) is 11.7. The van der Waals surface area contributed by atoms with Gasteiger partial charge in [0.25, 0.3) is 5.91 Å². The van der Waals surface area contributed by atoms with Crippen LogP contribution in [0.15, 0.2) is 61.1 Å². The molecule has 0 atom stereocenters. The molecule has 0 bridgehead atoms. The van der Waals surface area contributed by atoms with E-state index in [4.69, 9.17) is 33.3 Å². The highest BCUT2D eigenvalue weighted by molar-refractivity contribution is 6.42. The number of hydrogen-bond donors (Lipinski definition) is 2. The smallest absolute Gasteiger partial charge is 0.251 e. The molecule has 0 fully saturated rings. The lowest BCUT2D eigenvalue weighted by Gasteiger charge is -2.13. The van der Waals surface area contributed by atoms with Gasteiger partial charge in [-0.1, -0.05) is 29.3 Å². The Bertz CT molecular complexity index is 1460. The lowest BCUT2D eigenvalue weighted by Crippen LogP contribution is -2.24. The van der Waals surface area contributed by atoms with Crippen LogP contribution >= 0.6 is 23.2 Å².